The Kier molecular flexibility index (Phi) is 6.74. The van der Waals surface area contributed by atoms with E-state index < -0.39 is 17.9 Å². The molecule has 2 aromatic carbocycles. The Morgan fingerprint density at radius 1 is 1.10 bits per heavy atom. The number of aryl methyl sites for hydroxylation is 2. The number of nitrogens with one attached hydrogen (secondary N) is 1. The fraction of sp³-hybridized carbons (Fsp3) is 0.391. The Morgan fingerprint density at radius 2 is 1.73 bits per heavy atom. The monoisotopic (exact) mass is 411 g/mol. The molecule has 7 nitrogen and oxygen atoms in total. The lowest BCUT2D eigenvalue weighted by Crippen LogP contribution is -2.40. The molecule has 1 aliphatic rings. The van der Waals surface area contributed by atoms with Crippen molar-refractivity contribution in [3.63, 3.8) is 0 Å². The van der Waals surface area contributed by atoms with E-state index in [-0.39, 0.29) is 0 Å². The Balaban J connectivity index is 1.44. The molecule has 3 rings (SSSR count). The normalized spacial score (nSPS) is 16.8. The molecule has 1 heterocycles. The lowest BCUT2D eigenvalue weighted by molar-refractivity contribution is -0.152. The van der Waals surface area contributed by atoms with Crippen molar-refractivity contribution in [2.24, 2.45) is 4.99 Å². The number of hydrogen-bond acceptors (Lipinski definition) is 6. The summed E-state index contributed by atoms with van der Waals surface area (Å²) in [6.07, 6.45) is 1.57. The number of carbonyl (C=O) groups is 1. The van der Waals surface area contributed by atoms with Gasteiger partial charge in [-0.3, -0.25) is 0 Å². The van der Waals surface area contributed by atoms with Gasteiger partial charge in [0.2, 0.25) is 6.35 Å². The molecule has 0 bridgehead atoms. The molecular weight excluding hydrogens is 382 g/mol. The first-order valence-electron chi connectivity index (χ1n) is 10.1. The molecule has 0 saturated carbocycles. The molecule has 3 N–H and O–H groups in total. The molecule has 0 amide bonds. The Morgan fingerprint density at radius 3 is 2.37 bits per heavy atom. The molecule has 1 atom stereocenters. The minimum atomic E-state index is -1.26. The van der Waals surface area contributed by atoms with Gasteiger partial charge in [0.1, 0.15) is 11.6 Å². The van der Waals surface area contributed by atoms with Crippen LogP contribution in [0.25, 0.3) is 0 Å². The number of ether oxygens (including phenoxy) is 1. The van der Waals surface area contributed by atoms with Crippen molar-refractivity contribution in [3.8, 4) is 5.75 Å². The van der Waals surface area contributed by atoms with Crippen LogP contribution in [0.4, 0.5) is 0 Å². The molecule has 160 valence electrons. The molecule has 0 saturated heterocycles. The topological polar surface area (TPSA) is 94.4 Å². The van der Waals surface area contributed by atoms with E-state index in [9.17, 15) is 9.90 Å². The summed E-state index contributed by atoms with van der Waals surface area (Å²) in [6, 6.07) is 15.7. The molecule has 1 aliphatic heterocycles. The molecule has 1 unspecified atom stereocenters. The van der Waals surface area contributed by atoms with Crippen LogP contribution in [0, 0.1) is 6.92 Å². The van der Waals surface area contributed by atoms with Crippen molar-refractivity contribution in [1.82, 2.24) is 10.4 Å². The maximum Gasteiger partial charge on any atom is 0.347 e. The fourth-order valence-corrected chi connectivity index (χ4v) is 3.12. The highest BCUT2D eigenvalue weighted by Gasteiger charge is 2.29. The van der Waals surface area contributed by atoms with Gasteiger partial charge in [-0.25, -0.2) is 9.79 Å². The van der Waals surface area contributed by atoms with Crippen molar-refractivity contribution in [2.75, 3.05) is 0 Å². The van der Waals surface area contributed by atoms with Crippen LogP contribution in [0.1, 0.15) is 43.4 Å². The highest BCUT2D eigenvalue weighted by Crippen LogP contribution is 2.20. The number of benzene rings is 2. The zero-order valence-corrected chi connectivity index (χ0v) is 17.6. The Hall–Kier alpha value is -2.90. The first-order valence-corrected chi connectivity index (χ1v) is 10.1. The van der Waals surface area contributed by atoms with Gasteiger partial charge in [0.25, 0.3) is 0 Å². The van der Waals surface area contributed by atoms with Crippen molar-refractivity contribution in [2.45, 2.75) is 58.5 Å². The number of hydrogen-bond donors (Lipinski definition) is 3. The van der Waals surface area contributed by atoms with E-state index in [1.54, 1.807) is 17.1 Å². The summed E-state index contributed by atoms with van der Waals surface area (Å²) in [7, 11) is 0. The van der Waals surface area contributed by atoms with Gasteiger partial charge in [-0.15, -0.1) is 0 Å². The van der Waals surface area contributed by atoms with Gasteiger partial charge in [-0.2, -0.15) is 5.01 Å². The average molecular weight is 412 g/mol. The van der Waals surface area contributed by atoms with E-state index in [4.69, 9.17) is 9.84 Å². The van der Waals surface area contributed by atoms with Crippen LogP contribution in [0.3, 0.4) is 0 Å². The Bertz CT molecular complexity index is 892. The number of carboxylic acid groups (broad SMARTS) is 1. The quantitative estimate of drug-likeness (QED) is 0.586. The number of aliphatic carboxylic acids is 1. The molecule has 7 heteroatoms. The Labute approximate surface area is 177 Å². The number of carboxylic acids is 1. The molecule has 0 aromatic heterocycles. The maximum atomic E-state index is 11.2. The summed E-state index contributed by atoms with van der Waals surface area (Å²) in [4.78, 5) is 15.5. The minimum Gasteiger partial charge on any atom is -0.478 e. The standard InChI is InChI=1S/C23H29N3O4/c1-16-7-9-18(10-8-16)15-26-22(29)24-20(25-26)6-4-5-17-11-13-19(14-12-17)30-23(2,3)21(27)28/h7-14,22,29H,4-6,15H2,1-3H3,(H,24,25)(H,27,28). The number of nitrogens with zero attached hydrogens (tertiary/aromatic N) is 2. The van der Waals surface area contributed by atoms with Crippen LogP contribution in [-0.4, -0.2) is 39.0 Å². The van der Waals surface area contributed by atoms with E-state index in [2.05, 4.69) is 22.6 Å². The largest absolute Gasteiger partial charge is 0.478 e. The first-order chi connectivity index (χ1) is 14.2. The third kappa shape index (κ3) is 5.81. The lowest BCUT2D eigenvalue weighted by atomic mass is 10.1. The first kappa shape index (κ1) is 21.8. The van der Waals surface area contributed by atoms with Gasteiger partial charge >= 0.3 is 5.97 Å². The van der Waals surface area contributed by atoms with Crippen LogP contribution in [0.2, 0.25) is 0 Å². The summed E-state index contributed by atoms with van der Waals surface area (Å²) in [6.45, 7) is 5.66. The maximum absolute atomic E-state index is 11.2. The van der Waals surface area contributed by atoms with E-state index in [0.29, 0.717) is 12.3 Å². The lowest BCUT2D eigenvalue weighted by Gasteiger charge is -2.21. The second-order valence-corrected chi connectivity index (χ2v) is 8.06. The van der Waals surface area contributed by atoms with Crippen LogP contribution in [0.5, 0.6) is 5.75 Å². The molecule has 30 heavy (non-hydrogen) atoms. The highest BCUT2D eigenvalue weighted by atomic mass is 16.5. The van der Waals surface area contributed by atoms with Gasteiger partial charge in [-0.05, 0) is 56.9 Å². The smallest absolute Gasteiger partial charge is 0.347 e. The van der Waals surface area contributed by atoms with Crippen molar-refractivity contribution >= 4 is 11.8 Å². The average Bonchev–Trinajstić information content (AvgIpc) is 3.04. The molecule has 2 aromatic rings. The van der Waals surface area contributed by atoms with E-state index >= 15 is 0 Å². The van der Waals surface area contributed by atoms with Crippen LogP contribution < -0.4 is 10.2 Å². The fourth-order valence-electron chi connectivity index (χ4n) is 3.12. The van der Waals surface area contributed by atoms with Gasteiger partial charge < -0.3 is 20.4 Å². The van der Waals surface area contributed by atoms with E-state index in [0.717, 1.165) is 36.2 Å². The number of hydrazine groups is 1. The number of aliphatic hydroxyl groups is 1. The minimum absolute atomic E-state index is 0.530. The highest BCUT2D eigenvalue weighted by molar-refractivity contribution is 5.83. The molecule has 0 radical (unpaired) electrons. The van der Waals surface area contributed by atoms with E-state index in [1.807, 2.05) is 31.2 Å². The van der Waals surface area contributed by atoms with Crippen molar-refractivity contribution in [1.29, 1.82) is 0 Å². The summed E-state index contributed by atoms with van der Waals surface area (Å²) in [5, 5.41) is 21.0. The van der Waals surface area contributed by atoms with Crippen LogP contribution in [-0.2, 0) is 17.8 Å². The second-order valence-electron chi connectivity index (χ2n) is 8.06. The summed E-state index contributed by atoms with van der Waals surface area (Å²) >= 11 is 0. The summed E-state index contributed by atoms with van der Waals surface area (Å²) < 4.78 is 5.52. The van der Waals surface area contributed by atoms with E-state index in [1.165, 1.54) is 19.4 Å². The predicted octanol–water partition coefficient (Wildman–Crippen LogP) is 3.25. The number of aliphatic hydroxyl groups excluding tert-OH is 1. The third-order valence-corrected chi connectivity index (χ3v) is 4.99. The summed E-state index contributed by atoms with van der Waals surface area (Å²) in [5.41, 5.74) is 5.37. The molecule has 0 spiro atoms. The second kappa shape index (κ2) is 9.28. The van der Waals surface area contributed by atoms with Crippen molar-refractivity contribution in [3.05, 3.63) is 65.2 Å². The zero-order valence-electron chi connectivity index (χ0n) is 17.6. The molecular formula is C23H29N3O4. The summed E-state index contributed by atoms with van der Waals surface area (Å²) in [5.74, 6) is 0.302. The van der Waals surface area contributed by atoms with Gasteiger partial charge in [0, 0.05) is 13.0 Å². The number of rotatable bonds is 9. The number of amidine groups is 1. The van der Waals surface area contributed by atoms with Crippen LogP contribution >= 0.6 is 0 Å². The SMILES string of the molecule is Cc1ccc(CN2NC(CCCc3ccc(OC(C)(C)C(=O)O)cc3)=NC2O)cc1. The third-order valence-electron chi connectivity index (χ3n) is 4.99. The number of aliphatic imine (C=N–C) groups is 1. The van der Waals surface area contributed by atoms with Gasteiger partial charge in [-0.1, -0.05) is 42.0 Å². The predicted molar refractivity (Wildman–Crippen MR) is 115 cm³/mol. The van der Waals surface area contributed by atoms with Crippen molar-refractivity contribution < 1.29 is 19.7 Å². The molecule has 0 fully saturated rings. The zero-order chi connectivity index (χ0) is 21.7. The molecule has 0 aliphatic carbocycles. The van der Waals surface area contributed by atoms with Crippen LogP contribution in [0.15, 0.2) is 53.5 Å². The van der Waals surface area contributed by atoms with Gasteiger partial charge in [0.15, 0.2) is 5.60 Å². The van der Waals surface area contributed by atoms with Gasteiger partial charge in [0.05, 0.1) is 0 Å².